The van der Waals surface area contributed by atoms with Gasteiger partial charge in [-0.2, -0.15) is 0 Å². The largest absolute Gasteiger partial charge is 0.325 e. The number of amides is 1. The summed E-state index contributed by atoms with van der Waals surface area (Å²) < 4.78 is 23.1. The third kappa shape index (κ3) is 4.69. The van der Waals surface area contributed by atoms with Crippen molar-refractivity contribution < 1.29 is 13.2 Å². The van der Waals surface area contributed by atoms with E-state index in [9.17, 15) is 13.2 Å². The van der Waals surface area contributed by atoms with Crippen molar-refractivity contribution in [1.82, 2.24) is 4.90 Å². The highest BCUT2D eigenvalue weighted by molar-refractivity contribution is 7.91. The van der Waals surface area contributed by atoms with Crippen LogP contribution < -0.4 is 5.32 Å². The van der Waals surface area contributed by atoms with Crippen molar-refractivity contribution in [3.63, 3.8) is 0 Å². The highest BCUT2D eigenvalue weighted by Crippen LogP contribution is 2.18. The first-order valence-corrected chi connectivity index (χ1v) is 9.09. The molecule has 0 radical (unpaired) electrons. The number of carbonyl (C=O) groups excluding carboxylic acids is 1. The molecule has 1 aromatic rings. The smallest absolute Gasteiger partial charge is 0.238 e. The van der Waals surface area contributed by atoms with Gasteiger partial charge in [0.2, 0.25) is 5.91 Å². The van der Waals surface area contributed by atoms with Gasteiger partial charge in [0.1, 0.15) is 0 Å². The maximum atomic E-state index is 12.0. The van der Waals surface area contributed by atoms with Crippen LogP contribution in [0.15, 0.2) is 24.3 Å². The Hall–Kier alpha value is -1.11. The summed E-state index contributed by atoms with van der Waals surface area (Å²) in [6.45, 7) is 2.77. The summed E-state index contributed by atoms with van der Waals surface area (Å²) in [6.07, 6.45) is 0.602. The SMILES string of the molecule is CCN(CC(=O)Nc1ccc(Cl)cc1)C1CCS(=O)(=O)C1. The van der Waals surface area contributed by atoms with Crippen LogP contribution in [0.2, 0.25) is 5.02 Å². The number of rotatable bonds is 5. The zero-order valence-electron chi connectivity index (χ0n) is 11.9. The van der Waals surface area contributed by atoms with Gasteiger partial charge < -0.3 is 5.32 Å². The number of nitrogens with one attached hydrogen (secondary N) is 1. The lowest BCUT2D eigenvalue weighted by atomic mass is 10.2. The first-order valence-electron chi connectivity index (χ1n) is 6.89. The van der Waals surface area contributed by atoms with Crippen LogP contribution in [0.4, 0.5) is 5.69 Å². The van der Waals surface area contributed by atoms with E-state index in [2.05, 4.69) is 5.32 Å². The molecule has 0 saturated carbocycles. The van der Waals surface area contributed by atoms with Gasteiger partial charge in [-0.1, -0.05) is 18.5 Å². The van der Waals surface area contributed by atoms with E-state index >= 15 is 0 Å². The standard InChI is InChI=1S/C14H19ClN2O3S/c1-2-17(13-7-8-21(19,20)10-13)9-14(18)16-12-5-3-11(15)4-6-12/h3-6,13H,2,7-10H2,1H3,(H,16,18). The summed E-state index contributed by atoms with van der Waals surface area (Å²) >= 11 is 5.79. The molecule has 5 nitrogen and oxygen atoms in total. The number of nitrogens with zero attached hydrogens (tertiary/aromatic N) is 1. The van der Waals surface area contributed by atoms with E-state index in [1.165, 1.54) is 0 Å². The molecule has 1 N–H and O–H groups in total. The van der Waals surface area contributed by atoms with E-state index in [1.54, 1.807) is 24.3 Å². The van der Waals surface area contributed by atoms with Gasteiger partial charge in [0.15, 0.2) is 9.84 Å². The summed E-state index contributed by atoms with van der Waals surface area (Å²) in [5.41, 5.74) is 0.680. The third-order valence-electron chi connectivity index (χ3n) is 3.61. The van der Waals surface area contributed by atoms with E-state index in [0.717, 1.165) is 0 Å². The van der Waals surface area contributed by atoms with Gasteiger partial charge >= 0.3 is 0 Å². The maximum Gasteiger partial charge on any atom is 0.238 e. The molecular weight excluding hydrogens is 312 g/mol. The Morgan fingerprint density at radius 3 is 2.57 bits per heavy atom. The highest BCUT2D eigenvalue weighted by atomic mass is 35.5. The van der Waals surface area contributed by atoms with Crippen LogP contribution >= 0.6 is 11.6 Å². The molecule has 0 aromatic heterocycles. The van der Waals surface area contributed by atoms with Crippen molar-refractivity contribution in [2.45, 2.75) is 19.4 Å². The van der Waals surface area contributed by atoms with Gasteiger partial charge in [-0.25, -0.2) is 8.42 Å². The molecule has 0 bridgehead atoms. The van der Waals surface area contributed by atoms with Crippen LogP contribution in [-0.2, 0) is 14.6 Å². The van der Waals surface area contributed by atoms with Gasteiger partial charge in [-0.3, -0.25) is 9.69 Å². The fraction of sp³-hybridized carbons (Fsp3) is 0.500. The lowest BCUT2D eigenvalue weighted by Crippen LogP contribution is -2.41. The molecule has 1 amide bonds. The van der Waals surface area contributed by atoms with Crippen molar-refractivity contribution in [2.24, 2.45) is 0 Å². The van der Waals surface area contributed by atoms with E-state index in [4.69, 9.17) is 11.6 Å². The van der Waals surface area contributed by atoms with Gasteiger partial charge in [-0.15, -0.1) is 0 Å². The van der Waals surface area contributed by atoms with Crippen molar-refractivity contribution in [3.05, 3.63) is 29.3 Å². The Morgan fingerprint density at radius 2 is 2.05 bits per heavy atom. The number of hydrogen-bond acceptors (Lipinski definition) is 4. The molecule has 1 atom stereocenters. The molecule has 1 aliphatic heterocycles. The molecule has 1 aromatic carbocycles. The van der Waals surface area contributed by atoms with Crippen LogP contribution in [0.5, 0.6) is 0 Å². The van der Waals surface area contributed by atoms with E-state index in [0.29, 0.717) is 23.7 Å². The summed E-state index contributed by atoms with van der Waals surface area (Å²) in [6, 6.07) is 6.82. The average molecular weight is 331 g/mol. The Labute approximate surface area is 130 Å². The Morgan fingerprint density at radius 1 is 1.38 bits per heavy atom. The second-order valence-electron chi connectivity index (χ2n) is 5.18. The number of halogens is 1. The minimum absolute atomic E-state index is 0.0593. The number of hydrogen-bond donors (Lipinski definition) is 1. The van der Waals surface area contributed by atoms with Crippen molar-refractivity contribution in [2.75, 3.05) is 29.9 Å². The fourth-order valence-corrected chi connectivity index (χ4v) is 4.37. The monoisotopic (exact) mass is 330 g/mol. The van der Waals surface area contributed by atoms with Crippen LogP contribution in [0, 0.1) is 0 Å². The molecule has 21 heavy (non-hydrogen) atoms. The Bertz CT molecular complexity index is 601. The molecule has 116 valence electrons. The zero-order chi connectivity index (χ0) is 15.5. The summed E-state index contributed by atoms with van der Waals surface area (Å²) in [4.78, 5) is 14.0. The molecule has 1 aliphatic rings. The number of carbonyl (C=O) groups is 1. The van der Waals surface area contributed by atoms with Crippen molar-refractivity contribution in [3.8, 4) is 0 Å². The van der Waals surface area contributed by atoms with E-state index in [1.807, 2.05) is 11.8 Å². The molecule has 7 heteroatoms. The number of sulfone groups is 1. The summed E-state index contributed by atoms with van der Waals surface area (Å²) in [7, 11) is -2.94. The predicted octanol–water partition coefficient (Wildman–Crippen LogP) is 1.79. The first kappa shape index (κ1) is 16.3. The third-order valence-corrected chi connectivity index (χ3v) is 5.61. The molecule has 0 spiro atoms. The predicted molar refractivity (Wildman–Crippen MR) is 84.4 cm³/mol. The zero-order valence-corrected chi connectivity index (χ0v) is 13.5. The molecule has 1 unspecified atom stereocenters. The van der Waals surface area contributed by atoms with Gasteiger partial charge in [0, 0.05) is 16.8 Å². The second kappa shape index (κ2) is 6.77. The van der Waals surface area contributed by atoms with Gasteiger partial charge in [-0.05, 0) is 37.2 Å². The van der Waals surface area contributed by atoms with Crippen molar-refractivity contribution in [1.29, 1.82) is 0 Å². The van der Waals surface area contributed by atoms with Crippen molar-refractivity contribution >= 4 is 33.0 Å². The van der Waals surface area contributed by atoms with Crippen LogP contribution in [0.25, 0.3) is 0 Å². The minimum atomic E-state index is -2.94. The molecule has 1 saturated heterocycles. The van der Waals surface area contributed by atoms with E-state index in [-0.39, 0.29) is 30.0 Å². The lowest BCUT2D eigenvalue weighted by Gasteiger charge is -2.25. The average Bonchev–Trinajstić information content (AvgIpc) is 2.79. The highest BCUT2D eigenvalue weighted by Gasteiger charge is 2.32. The fourth-order valence-electron chi connectivity index (χ4n) is 2.48. The molecule has 0 aliphatic carbocycles. The normalized spacial score (nSPS) is 20.6. The quantitative estimate of drug-likeness (QED) is 0.893. The van der Waals surface area contributed by atoms with Crippen LogP contribution in [-0.4, -0.2) is 49.9 Å². The maximum absolute atomic E-state index is 12.0. The number of anilines is 1. The summed E-state index contributed by atoms with van der Waals surface area (Å²) in [5.74, 6) is 0.214. The minimum Gasteiger partial charge on any atom is -0.325 e. The van der Waals surface area contributed by atoms with Gasteiger partial charge in [0.05, 0.1) is 18.1 Å². The number of benzene rings is 1. The molecule has 1 fully saturated rings. The van der Waals surface area contributed by atoms with Crippen LogP contribution in [0.1, 0.15) is 13.3 Å². The molecule has 2 rings (SSSR count). The second-order valence-corrected chi connectivity index (χ2v) is 7.84. The van der Waals surface area contributed by atoms with Crippen LogP contribution in [0.3, 0.4) is 0 Å². The number of likely N-dealkylation sites (N-methyl/N-ethyl adjacent to an activating group) is 1. The molecular formula is C14H19ClN2O3S. The van der Waals surface area contributed by atoms with Gasteiger partial charge in [0.25, 0.3) is 0 Å². The topological polar surface area (TPSA) is 66.5 Å². The Balaban J connectivity index is 1.92. The Kier molecular flexibility index (Phi) is 5.24. The lowest BCUT2D eigenvalue weighted by molar-refractivity contribution is -0.117. The summed E-state index contributed by atoms with van der Waals surface area (Å²) in [5, 5.41) is 3.40. The molecule has 1 heterocycles. The van der Waals surface area contributed by atoms with E-state index < -0.39 is 9.84 Å². The first-order chi connectivity index (χ1) is 9.89.